The number of carbonyl (C=O) groups is 2. The van der Waals surface area contributed by atoms with Crippen LogP contribution in [0.2, 0.25) is 0 Å². The Morgan fingerprint density at radius 2 is 0.551 bits per heavy atom. The molecule has 49 heavy (non-hydrogen) atoms. The lowest BCUT2D eigenvalue weighted by Crippen LogP contribution is -2.47. The number of amides is 2. The van der Waals surface area contributed by atoms with Gasteiger partial charge in [0.25, 0.3) is 11.8 Å². The first-order valence-corrected chi connectivity index (χ1v) is 17.1. The van der Waals surface area contributed by atoms with E-state index in [4.69, 9.17) is 0 Å². The summed E-state index contributed by atoms with van der Waals surface area (Å²) in [7, 11) is 4.18. The maximum Gasteiger partial charge on any atom is 0.253 e. The molecule has 2 fully saturated rings. The van der Waals surface area contributed by atoms with Crippen molar-refractivity contribution in [3.05, 3.63) is 142 Å². The molecule has 2 aliphatic rings. The summed E-state index contributed by atoms with van der Waals surface area (Å²) in [4.78, 5) is 32.6. The number of carbonyl (C=O) groups excluding carboxylic acids is 2. The highest BCUT2D eigenvalue weighted by atomic mass is 16.2. The topological polar surface area (TPSA) is 47.1 Å². The molecule has 0 radical (unpaired) electrons. The molecule has 6 rings (SSSR count). The molecule has 0 N–H and O–H groups in total. The number of hydrogen-bond donors (Lipinski definition) is 0. The largest absolute Gasteiger partial charge is 0.336 e. The van der Waals surface area contributed by atoms with Crippen LogP contribution in [0.3, 0.4) is 0 Å². The Kier molecular flexibility index (Phi) is 17.5. The van der Waals surface area contributed by atoms with E-state index in [0.29, 0.717) is 0 Å². The third-order valence-corrected chi connectivity index (χ3v) is 8.61. The van der Waals surface area contributed by atoms with Gasteiger partial charge in [0.1, 0.15) is 0 Å². The fourth-order valence-corrected chi connectivity index (χ4v) is 5.05. The fourth-order valence-electron chi connectivity index (χ4n) is 5.05. The Morgan fingerprint density at radius 3 is 0.755 bits per heavy atom. The van der Waals surface area contributed by atoms with Crippen molar-refractivity contribution < 1.29 is 9.59 Å². The van der Waals surface area contributed by atoms with Gasteiger partial charge in [-0.3, -0.25) is 9.59 Å². The summed E-state index contributed by atoms with van der Waals surface area (Å²) < 4.78 is 0. The Labute approximate surface area is 297 Å². The van der Waals surface area contributed by atoms with Gasteiger partial charge >= 0.3 is 0 Å². The van der Waals surface area contributed by atoms with Crippen molar-refractivity contribution in [3.8, 4) is 0 Å². The van der Waals surface area contributed by atoms with E-state index in [1.807, 2.05) is 72.2 Å². The van der Waals surface area contributed by atoms with Gasteiger partial charge in [-0.25, -0.2) is 0 Å². The van der Waals surface area contributed by atoms with E-state index in [1.54, 1.807) is 0 Å². The van der Waals surface area contributed by atoms with Gasteiger partial charge in [0.05, 0.1) is 0 Å². The molecule has 0 atom stereocenters. The molecule has 2 saturated heterocycles. The first kappa shape index (κ1) is 40.9. The van der Waals surface area contributed by atoms with E-state index in [1.165, 1.54) is 33.4 Å². The first-order chi connectivity index (χ1) is 22.9. The zero-order valence-electron chi connectivity index (χ0n) is 30.5. The highest BCUT2D eigenvalue weighted by Crippen LogP contribution is 2.11. The van der Waals surface area contributed by atoms with Crippen LogP contribution in [0.5, 0.6) is 0 Å². The van der Waals surface area contributed by atoms with E-state index >= 15 is 0 Å². The summed E-state index contributed by atoms with van der Waals surface area (Å²) in [6.07, 6.45) is 0. The highest BCUT2D eigenvalue weighted by molar-refractivity contribution is 5.94. The van der Waals surface area contributed by atoms with E-state index in [-0.39, 0.29) is 19.2 Å². The van der Waals surface area contributed by atoms with E-state index in [2.05, 4.69) is 100 Å². The second-order valence-electron chi connectivity index (χ2n) is 13.2. The number of aryl methyl sites for hydroxylation is 6. The van der Waals surface area contributed by atoms with Gasteiger partial charge in [-0.2, -0.15) is 0 Å². The smallest absolute Gasteiger partial charge is 0.253 e. The van der Waals surface area contributed by atoms with E-state index < -0.39 is 0 Å². The summed E-state index contributed by atoms with van der Waals surface area (Å²) in [5.74, 6) is 0.321. The molecular formula is C43H60N4O2. The normalized spacial score (nSPS) is 14.4. The molecule has 2 aliphatic heterocycles. The van der Waals surface area contributed by atoms with Gasteiger partial charge in [-0.15, -0.1) is 0 Å². The maximum absolute atomic E-state index is 12.1. The number of hydrogen-bond acceptors (Lipinski definition) is 4. The lowest BCUT2D eigenvalue weighted by Gasteiger charge is -2.32. The standard InChI is InChI=1S/2C13H18N2O.2C8H10.CH4/c2*1-11-3-5-12(6-4-11)13(16)15-9-7-14(2)8-10-15;2*1-7-3-5-8(2)6-4-7;/h2*3-6H,7-10H2,1-2H3;2*3-6H,1-2H3;1H4. The van der Waals surface area contributed by atoms with Crippen LogP contribution in [0, 0.1) is 41.5 Å². The summed E-state index contributed by atoms with van der Waals surface area (Å²) in [5.41, 5.74) is 9.30. The molecule has 0 unspecified atom stereocenters. The third kappa shape index (κ3) is 14.8. The minimum atomic E-state index is 0. The Hall–Kier alpha value is -4.26. The van der Waals surface area contributed by atoms with Crippen LogP contribution in [0.4, 0.5) is 0 Å². The van der Waals surface area contributed by atoms with Crippen LogP contribution in [0.1, 0.15) is 61.5 Å². The summed E-state index contributed by atoms with van der Waals surface area (Å²) >= 11 is 0. The van der Waals surface area contributed by atoms with Crippen LogP contribution >= 0.6 is 0 Å². The van der Waals surface area contributed by atoms with E-state index in [9.17, 15) is 9.59 Å². The second kappa shape index (κ2) is 21.0. The molecule has 264 valence electrons. The maximum atomic E-state index is 12.1. The predicted molar refractivity (Wildman–Crippen MR) is 208 cm³/mol. The fraction of sp³-hybridized carbons (Fsp3) is 0.395. The van der Waals surface area contributed by atoms with Gasteiger partial charge in [0, 0.05) is 63.5 Å². The molecule has 6 nitrogen and oxygen atoms in total. The number of rotatable bonds is 2. The first-order valence-electron chi connectivity index (χ1n) is 17.1. The van der Waals surface area contributed by atoms with Crippen LogP contribution in [0.15, 0.2) is 97.1 Å². The van der Waals surface area contributed by atoms with Crippen LogP contribution in [-0.4, -0.2) is 97.9 Å². The van der Waals surface area contributed by atoms with Gasteiger partial charge < -0.3 is 19.6 Å². The number of benzene rings is 4. The molecule has 6 heteroatoms. The average molecular weight is 665 g/mol. The average Bonchev–Trinajstić information content (AvgIpc) is 3.09. The molecule has 4 aromatic carbocycles. The number of nitrogens with zero attached hydrogens (tertiary/aromatic N) is 4. The Morgan fingerprint density at radius 1 is 0.367 bits per heavy atom. The SMILES string of the molecule is C.Cc1ccc(C(=O)N2CCN(C)CC2)cc1.Cc1ccc(C(=O)N2CCN(C)CC2)cc1.Cc1ccc(C)cc1.Cc1ccc(C)cc1. The quantitative estimate of drug-likeness (QED) is 0.218. The minimum Gasteiger partial charge on any atom is -0.336 e. The van der Waals surface area contributed by atoms with Crippen LogP contribution in [-0.2, 0) is 0 Å². The zero-order chi connectivity index (χ0) is 35.1. The Bertz CT molecular complexity index is 1350. The van der Waals surface area contributed by atoms with Crippen molar-refractivity contribution in [2.24, 2.45) is 0 Å². The Balaban J connectivity index is 0.000000237. The van der Waals surface area contributed by atoms with Gasteiger partial charge in [-0.05, 0) is 79.9 Å². The summed E-state index contributed by atoms with van der Waals surface area (Å²) in [6.45, 7) is 19.7. The molecule has 0 aliphatic carbocycles. The van der Waals surface area contributed by atoms with Crippen molar-refractivity contribution in [3.63, 3.8) is 0 Å². The highest BCUT2D eigenvalue weighted by Gasteiger charge is 2.21. The van der Waals surface area contributed by atoms with Gasteiger partial charge in [0.15, 0.2) is 0 Å². The molecule has 0 spiro atoms. The predicted octanol–water partition coefficient (Wildman–Crippen LogP) is 8.01. The minimum absolute atomic E-state index is 0. The third-order valence-electron chi connectivity index (χ3n) is 8.61. The summed E-state index contributed by atoms with van der Waals surface area (Å²) in [6, 6.07) is 32.6. The molecule has 2 amide bonds. The molecule has 0 saturated carbocycles. The molecule has 0 bridgehead atoms. The van der Waals surface area contributed by atoms with Gasteiger partial charge in [-0.1, -0.05) is 114 Å². The molecule has 0 aromatic heterocycles. The molecule has 2 heterocycles. The monoisotopic (exact) mass is 664 g/mol. The van der Waals surface area contributed by atoms with Crippen LogP contribution in [0.25, 0.3) is 0 Å². The summed E-state index contributed by atoms with van der Waals surface area (Å²) in [5, 5.41) is 0. The lowest BCUT2D eigenvalue weighted by atomic mass is 10.1. The van der Waals surface area contributed by atoms with E-state index in [0.717, 1.165) is 63.5 Å². The number of piperazine rings is 2. The van der Waals surface area contributed by atoms with Crippen molar-refractivity contribution >= 4 is 11.8 Å². The van der Waals surface area contributed by atoms with Crippen molar-refractivity contribution in [2.75, 3.05) is 66.5 Å². The van der Waals surface area contributed by atoms with Crippen molar-refractivity contribution in [2.45, 2.75) is 49.0 Å². The van der Waals surface area contributed by atoms with Crippen molar-refractivity contribution in [1.29, 1.82) is 0 Å². The molecule has 4 aromatic rings. The van der Waals surface area contributed by atoms with Gasteiger partial charge in [0.2, 0.25) is 0 Å². The zero-order valence-corrected chi connectivity index (χ0v) is 30.5. The number of likely N-dealkylation sites (N-methyl/N-ethyl adjacent to an activating group) is 2. The lowest BCUT2D eigenvalue weighted by molar-refractivity contribution is 0.0657. The second-order valence-corrected chi connectivity index (χ2v) is 13.2. The van der Waals surface area contributed by atoms with Crippen molar-refractivity contribution in [1.82, 2.24) is 19.6 Å². The van der Waals surface area contributed by atoms with Crippen LogP contribution < -0.4 is 0 Å². The molecular weight excluding hydrogens is 604 g/mol.